The Kier molecular flexibility index (Phi) is 5.16. The number of aromatic nitrogens is 3. The summed E-state index contributed by atoms with van der Waals surface area (Å²) >= 11 is 0. The molecule has 2 aromatic heterocycles. The third kappa shape index (κ3) is 3.65. The van der Waals surface area contributed by atoms with Gasteiger partial charge in [0.05, 0.1) is 29.8 Å². The van der Waals surface area contributed by atoms with Crippen LogP contribution >= 0.6 is 0 Å². The molecule has 0 N–H and O–H groups in total. The van der Waals surface area contributed by atoms with E-state index in [-0.39, 0.29) is 18.0 Å². The molecular formula is C19H18F2N4O3. The fourth-order valence-corrected chi connectivity index (χ4v) is 3.11. The monoisotopic (exact) mass is 388 g/mol. The van der Waals surface area contributed by atoms with E-state index in [0.29, 0.717) is 24.2 Å². The lowest BCUT2D eigenvalue weighted by atomic mass is 10.2. The molecule has 0 amide bonds. The molecule has 1 aromatic carbocycles. The van der Waals surface area contributed by atoms with Gasteiger partial charge >= 0.3 is 12.5 Å². The van der Waals surface area contributed by atoms with E-state index in [2.05, 4.69) is 14.9 Å². The van der Waals surface area contributed by atoms with Crippen molar-refractivity contribution in [1.29, 1.82) is 0 Å². The number of hydrogen-bond donors (Lipinski definition) is 0. The second-order valence-corrected chi connectivity index (χ2v) is 6.25. The number of imidazole rings is 1. The minimum absolute atomic E-state index is 0.0116. The number of ether oxygens (including phenoxy) is 2. The van der Waals surface area contributed by atoms with Gasteiger partial charge in [-0.2, -0.15) is 8.78 Å². The Morgan fingerprint density at radius 1 is 1.18 bits per heavy atom. The van der Waals surface area contributed by atoms with Crippen LogP contribution in [0, 0.1) is 0 Å². The normalized spacial score (nSPS) is 14.6. The fraction of sp³-hybridized carbons (Fsp3) is 0.316. The summed E-state index contributed by atoms with van der Waals surface area (Å²) in [6, 6.07) is 9.89. The summed E-state index contributed by atoms with van der Waals surface area (Å²) in [5.74, 6) is 0.0932. The molecule has 0 radical (unpaired) electrons. The Morgan fingerprint density at radius 3 is 2.68 bits per heavy atom. The van der Waals surface area contributed by atoms with Crippen molar-refractivity contribution in [3.63, 3.8) is 0 Å². The van der Waals surface area contributed by atoms with Gasteiger partial charge in [-0.15, -0.1) is 0 Å². The molecule has 0 atom stereocenters. The summed E-state index contributed by atoms with van der Waals surface area (Å²) in [5.41, 5.74) is 0.960. The molecule has 3 aromatic rings. The summed E-state index contributed by atoms with van der Waals surface area (Å²) in [4.78, 5) is 22.8. The number of halogens is 2. The van der Waals surface area contributed by atoms with Crippen molar-refractivity contribution in [2.75, 3.05) is 31.2 Å². The van der Waals surface area contributed by atoms with E-state index in [0.717, 1.165) is 23.5 Å². The molecule has 146 valence electrons. The quantitative estimate of drug-likeness (QED) is 0.626. The molecule has 1 fully saturated rings. The summed E-state index contributed by atoms with van der Waals surface area (Å²) < 4.78 is 38.1. The second-order valence-electron chi connectivity index (χ2n) is 6.25. The zero-order chi connectivity index (χ0) is 19.5. The van der Waals surface area contributed by atoms with E-state index in [9.17, 15) is 13.6 Å². The van der Waals surface area contributed by atoms with Crippen LogP contribution in [0.5, 0.6) is 0 Å². The number of anilines is 1. The topological polar surface area (TPSA) is 69.5 Å². The first-order valence-electron chi connectivity index (χ1n) is 8.83. The molecule has 0 spiro atoms. The van der Waals surface area contributed by atoms with E-state index in [1.807, 2.05) is 0 Å². The number of rotatable bonds is 5. The van der Waals surface area contributed by atoms with Crippen molar-refractivity contribution < 1.29 is 23.0 Å². The van der Waals surface area contributed by atoms with Gasteiger partial charge in [0.25, 0.3) is 0 Å². The van der Waals surface area contributed by atoms with Crippen LogP contribution in [0.2, 0.25) is 0 Å². The van der Waals surface area contributed by atoms with Gasteiger partial charge in [-0.25, -0.2) is 14.8 Å². The number of carbonyl (C=O) groups is 1. The molecule has 0 aliphatic carbocycles. The maximum absolute atomic E-state index is 13.4. The van der Waals surface area contributed by atoms with Gasteiger partial charge in [0, 0.05) is 19.3 Å². The summed E-state index contributed by atoms with van der Waals surface area (Å²) in [7, 11) is 0. The zero-order valence-corrected chi connectivity index (χ0v) is 14.9. The Labute approximate surface area is 159 Å². The van der Waals surface area contributed by atoms with Crippen LogP contribution in [0.1, 0.15) is 22.7 Å². The minimum Gasteiger partial charge on any atom is -0.454 e. The van der Waals surface area contributed by atoms with Crippen molar-refractivity contribution in [2.45, 2.75) is 13.2 Å². The van der Waals surface area contributed by atoms with Gasteiger partial charge in [-0.05, 0) is 24.3 Å². The molecule has 4 rings (SSSR count). The highest BCUT2D eigenvalue weighted by atomic mass is 19.3. The molecule has 9 heteroatoms. The minimum atomic E-state index is -2.78. The Morgan fingerprint density at radius 2 is 1.96 bits per heavy atom. The van der Waals surface area contributed by atoms with Crippen LogP contribution in [-0.2, 0) is 16.1 Å². The van der Waals surface area contributed by atoms with Gasteiger partial charge in [0.1, 0.15) is 12.4 Å². The summed E-state index contributed by atoms with van der Waals surface area (Å²) in [5, 5.41) is 0. The number of nitrogens with zero attached hydrogens (tertiary/aromatic N) is 4. The first kappa shape index (κ1) is 18.3. The standard InChI is InChI=1S/C19H18F2N4O3/c20-19(21)25-15-4-2-1-3-14(15)23-17(25)12-28-18(26)13-5-6-16(22-11-13)24-7-9-27-10-8-24/h1-6,11,19H,7-10,12H2. The molecule has 1 saturated heterocycles. The summed E-state index contributed by atoms with van der Waals surface area (Å²) in [6.07, 6.45) is 1.42. The molecule has 28 heavy (non-hydrogen) atoms. The number of fused-ring (bicyclic) bond motifs is 1. The molecule has 7 nitrogen and oxygen atoms in total. The van der Waals surface area contributed by atoms with Crippen LogP contribution in [0.25, 0.3) is 11.0 Å². The maximum Gasteiger partial charge on any atom is 0.340 e. The number of morpholine rings is 1. The third-order valence-corrected chi connectivity index (χ3v) is 4.52. The van der Waals surface area contributed by atoms with Crippen LogP contribution in [0.15, 0.2) is 42.6 Å². The number of pyridine rings is 1. The zero-order valence-electron chi connectivity index (χ0n) is 14.9. The Hall–Kier alpha value is -3.07. The second kappa shape index (κ2) is 7.89. The third-order valence-electron chi connectivity index (χ3n) is 4.52. The highest BCUT2D eigenvalue weighted by Crippen LogP contribution is 2.23. The van der Waals surface area contributed by atoms with Crippen LogP contribution in [0.4, 0.5) is 14.6 Å². The number of alkyl halides is 2. The molecule has 0 saturated carbocycles. The van der Waals surface area contributed by atoms with Crippen molar-refractivity contribution >= 4 is 22.8 Å². The molecule has 1 aliphatic heterocycles. The van der Waals surface area contributed by atoms with Crippen LogP contribution in [-0.4, -0.2) is 46.8 Å². The largest absolute Gasteiger partial charge is 0.454 e. The average Bonchev–Trinajstić information content (AvgIpc) is 3.11. The Bertz CT molecular complexity index is 969. The first-order chi connectivity index (χ1) is 13.6. The fourth-order valence-electron chi connectivity index (χ4n) is 3.11. The maximum atomic E-state index is 13.4. The highest BCUT2D eigenvalue weighted by Gasteiger charge is 2.19. The van der Waals surface area contributed by atoms with E-state index in [4.69, 9.17) is 9.47 Å². The number of carbonyl (C=O) groups excluding carboxylic acids is 1. The van der Waals surface area contributed by atoms with Gasteiger partial charge in [0.15, 0.2) is 5.82 Å². The molecule has 1 aliphatic rings. The van der Waals surface area contributed by atoms with Gasteiger partial charge < -0.3 is 14.4 Å². The van der Waals surface area contributed by atoms with E-state index >= 15 is 0 Å². The number of para-hydroxylation sites is 2. The lowest BCUT2D eigenvalue weighted by molar-refractivity contribution is 0.0387. The van der Waals surface area contributed by atoms with Crippen LogP contribution in [0.3, 0.4) is 0 Å². The SMILES string of the molecule is O=C(OCc1nc2ccccc2n1C(F)F)c1ccc(N2CCOCC2)nc1. The smallest absolute Gasteiger partial charge is 0.340 e. The average molecular weight is 388 g/mol. The summed E-state index contributed by atoms with van der Waals surface area (Å²) in [6.45, 7) is -0.395. The number of hydrogen-bond acceptors (Lipinski definition) is 6. The van der Waals surface area contributed by atoms with Gasteiger partial charge in [0.2, 0.25) is 0 Å². The predicted octanol–water partition coefficient (Wildman–Crippen LogP) is 3.02. The van der Waals surface area contributed by atoms with Gasteiger partial charge in [-0.1, -0.05) is 12.1 Å². The lowest BCUT2D eigenvalue weighted by Gasteiger charge is -2.27. The van der Waals surface area contributed by atoms with E-state index < -0.39 is 12.5 Å². The predicted molar refractivity (Wildman–Crippen MR) is 97.4 cm³/mol. The first-order valence-corrected chi connectivity index (χ1v) is 8.83. The van der Waals surface area contributed by atoms with Crippen LogP contribution < -0.4 is 4.90 Å². The molecular weight excluding hydrogens is 370 g/mol. The molecule has 3 heterocycles. The van der Waals surface area contributed by atoms with Crippen molar-refractivity contribution in [2.24, 2.45) is 0 Å². The molecule has 0 unspecified atom stereocenters. The van der Waals surface area contributed by atoms with Crippen molar-refractivity contribution in [3.05, 3.63) is 54.0 Å². The van der Waals surface area contributed by atoms with E-state index in [1.165, 1.54) is 6.20 Å². The van der Waals surface area contributed by atoms with Gasteiger partial charge in [-0.3, -0.25) is 4.57 Å². The lowest BCUT2D eigenvalue weighted by Crippen LogP contribution is -2.36. The molecule has 0 bridgehead atoms. The number of benzene rings is 1. The van der Waals surface area contributed by atoms with Crippen molar-refractivity contribution in [1.82, 2.24) is 14.5 Å². The number of esters is 1. The van der Waals surface area contributed by atoms with Crippen molar-refractivity contribution in [3.8, 4) is 0 Å². The Balaban J connectivity index is 1.46. The van der Waals surface area contributed by atoms with E-state index in [1.54, 1.807) is 36.4 Å². The highest BCUT2D eigenvalue weighted by molar-refractivity contribution is 5.89.